The van der Waals surface area contributed by atoms with E-state index < -0.39 is 16.1 Å². The Hall–Kier alpha value is -1.98. The summed E-state index contributed by atoms with van der Waals surface area (Å²) in [5.74, 6) is 0. The minimum absolute atomic E-state index is 0.174. The van der Waals surface area contributed by atoms with E-state index in [1.165, 1.54) is 27.2 Å². The molecule has 152 valence electrons. The molecular weight excluding hydrogens is 382 g/mol. The zero-order valence-electron chi connectivity index (χ0n) is 19.3. The lowest BCUT2D eigenvalue weighted by Gasteiger charge is -2.31. The van der Waals surface area contributed by atoms with Gasteiger partial charge >= 0.3 is 0 Å². The van der Waals surface area contributed by atoms with Crippen molar-refractivity contribution in [2.24, 2.45) is 0 Å². The van der Waals surface area contributed by atoms with Crippen LogP contribution in [0.2, 0.25) is 32.7 Å². The molecule has 0 unspecified atom stereocenters. The average Bonchev–Trinajstić information content (AvgIpc) is 2.64. The van der Waals surface area contributed by atoms with Gasteiger partial charge in [0.25, 0.3) is 0 Å². The molecule has 29 heavy (non-hydrogen) atoms. The Morgan fingerprint density at radius 1 is 0.828 bits per heavy atom. The van der Waals surface area contributed by atoms with Crippen LogP contribution in [0, 0.1) is 0 Å². The van der Waals surface area contributed by atoms with E-state index in [0.29, 0.717) is 0 Å². The highest BCUT2D eigenvalue weighted by Crippen LogP contribution is 2.31. The van der Waals surface area contributed by atoms with Gasteiger partial charge in [-0.05, 0) is 27.8 Å². The van der Waals surface area contributed by atoms with Crippen LogP contribution in [0.3, 0.4) is 0 Å². The number of fused-ring (bicyclic) bond motifs is 1. The predicted octanol–water partition coefficient (Wildman–Crippen LogP) is 6.95. The van der Waals surface area contributed by atoms with Crippen LogP contribution in [-0.4, -0.2) is 21.1 Å². The molecule has 3 aromatic rings. The molecule has 3 heteroatoms. The number of para-hydroxylation sites is 1. The first-order valence-corrected chi connectivity index (χ1v) is 17.2. The van der Waals surface area contributed by atoms with E-state index in [9.17, 15) is 0 Å². The van der Waals surface area contributed by atoms with Gasteiger partial charge in [0.15, 0.2) is 0 Å². The van der Waals surface area contributed by atoms with Crippen molar-refractivity contribution in [2.75, 3.05) is 0 Å². The molecule has 1 aromatic heterocycles. The normalized spacial score (nSPS) is 13.7. The van der Waals surface area contributed by atoms with Crippen LogP contribution in [0.15, 0.2) is 66.5 Å². The topological polar surface area (TPSA) is 12.9 Å². The second-order valence-electron chi connectivity index (χ2n) is 10.8. The first-order chi connectivity index (χ1) is 13.4. The second kappa shape index (κ2) is 7.69. The van der Waals surface area contributed by atoms with Crippen molar-refractivity contribution in [2.45, 2.75) is 58.9 Å². The van der Waals surface area contributed by atoms with Crippen molar-refractivity contribution in [3.8, 4) is 0 Å². The molecule has 1 nitrogen and oxygen atoms in total. The molecule has 0 aliphatic heterocycles. The molecule has 3 rings (SSSR count). The average molecular weight is 418 g/mol. The van der Waals surface area contributed by atoms with Crippen molar-refractivity contribution in [1.82, 2.24) is 4.98 Å². The van der Waals surface area contributed by atoms with Gasteiger partial charge in [-0.1, -0.05) is 113 Å². The van der Waals surface area contributed by atoms with Crippen molar-refractivity contribution >= 4 is 37.4 Å². The summed E-state index contributed by atoms with van der Waals surface area (Å²) >= 11 is 0. The minimum atomic E-state index is -1.95. The number of pyridine rings is 1. The third-order valence-electron chi connectivity index (χ3n) is 5.62. The number of nitrogens with zero attached hydrogens (tertiary/aromatic N) is 1. The van der Waals surface area contributed by atoms with Crippen LogP contribution < -0.4 is 5.19 Å². The highest BCUT2D eigenvalue weighted by Gasteiger charge is 2.33. The SMILES string of the molecule is CC(C)(C)c1ccc(/C(=C\[Si](C)(C)C)[Si](C)(C)c2cccc3cccnc23)cc1. The molecule has 1 heterocycles. The molecule has 0 fully saturated rings. The summed E-state index contributed by atoms with van der Waals surface area (Å²) in [5, 5.41) is 4.22. The zero-order valence-corrected chi connectivity index (χ0v) is 21.3. The predicted molar refractivity (Wildman–Crippen MR) is 135 cm³/mol. The molecule has 0 saturated heterocycles. The summed E-state index contributed by atoms with van der Waals surface area (Å²) in [6.45, 7) is 19.1. The van der Waals surface area contributed by atoms with Gasteiger partial charge in [-0.3, -0.25) is 4.98 Å². The van der Waals surface area contributed by atoms with Gasteiger partial charge in [0.05, 0.1) is 13.6 Å². The van der Waals surface area contributed by atoms with Gasteiger partial charge in [0.1, 0.15) is 8.07 Å². The summed E-state index contributed by atoms with van der Waals surface area (Å²) in [4.78, 5) is 4.79. The lowest BCUT2D eigenvalue weighted by atomic mass is 9.87. The Bertz CT molecular complexity index is 1030. The Balaban J connectivity index is 2.20. The monoisotopic (exact) mass is 417 g/mol. The van der Waals surface area contributed by atoms with Gasteiger partial charge < -0.3 is 0 Å². The number of hydrogen-bond donors (Lipinski definition) is 0. The summed E-state index contributed by atoms with van der Waals surface area (Å²) in [7, 11) is -3.37. The molecule has 2 aromatic carbocycles. The lowest BCUT2D eigenvalue weighted by molar-refractivity contribution is 0.590. The number of benzene rings is 2. The Morgan fingerprint density at radius 3 is 2.03 bits per heavy atom. The van der Waals surface area contributed by atoms with E-state index in [0.717, 1.165) is 0 Å². The Morgan fingerprint density at radius 2 is 1.45 bits per heavy atom. The molecule has 0 aliphatic rings. The van der Waals surface area contributed by atoms with Crippen LogP contribution >= 0.6 is 0 Å². The molecular formula is C26H35NSi2. The van der Waals surface area contributed by atoms with Crippen molar-refractivity contribution in [1.29, 1.82) is 0 Å². The number of hydrogen-bond acceptors (Lipinski definition) is 1. The van der Waals surface area contributed by atoms with Crippen molar-refractivity contribution < 1.29 is 0 Å². The summed E-state index contributed by atoms with van der Waals surface area (Å²) in [5.41, 5.74) is 6.74. The van der Waals surface area contributed by atoms with Gasteiger partial charge in [-0.25, -0.2) is 0 Å². The van der Waals surface area contributed by atoms with Crippen molar-refractivity contribution in [3.05, 3.63) is 77.6 Å². The van der Waals surface area contributed by atoms with Gasteiger partial charge in [-0.2, -0.15) is 0 Å². The fourth-order valence-corrected chi connectivity index (χ4v) is 10.2. The molecule has 0 bridgehead atoms. The molecule has 0 spiro atoms. The third kappa shape index (κ3) is 4.79. The standard InChI is InChI=1S/C26H35NSi2/c1-26(2,3)22-16-14-20(15-17-22)24(19-28(4,5)6)29(7,8)23-13-9-11-21-12-10-18-27-25(21)23/h9-19H,1-8H3/b24-19+. The first kappa shape index (κ1) is 21.7. The summed E-state index contributed by atoms with van der Waals surface area (Å²) in [6, 6.07) is 20.2. The fourth-order valence-electron chi connectivity index (χ4n) is 3.96. The van der Waals surface area contributed by atoms with E-state index in [-0.39, 0.29) is 5.41 Å². The smallest absolute Gasteiger partial charge is 0.114 e. The molecule has 0 radical (unpaired) electrons. The summed E-state index contributed by atoms with van der Waals surface area (Å²) in [6.07, 6.45) is 1.93. The maximum absolute atomic E-state index is 4.79. The largest absolute Gasteiger partial charge is 0.256 e. The van der Waals surface area contributed by atoms with Crippen LogP contribution in [0.5, 0.6) is 0 Å². The zero-order chi connectivity index (χ0) is 21.4. The van der Waals surface area contributed by atoms with Gasteiger partial charge in [0, 0.05) is 11.6 Å². The lowest BCUT2D eigenvalue weighted by Crippen LogP contribution is -2.44. The maximum atomic E-state index is 4.79. The quantitative estimate of drug-likeness (QED) is 0.419. The van der Waals surface area contributed by atoms with Crippen LogP contribution in [0.1, 0.15) is 31.9 Å². The van der Waals surface area contributed by atoms with Crippen molar-refractivity contribution in [3.63, 3.8) is 0 Å². The van der Waals surface area contributed by atoms with E-state index in [1.54, 1.807) is 5.20 Å². The fraction of sp³-hybridized carbons (Fsp3) is 0.346. The highest BCUT2D eigenvalue weighted by molar-refractivity contribution is 7.07. The first-order valence-electron chi connectivity index (χ1n) is 10.6. The molecule has 0 amide bonds. The maximum Gasteiger partial charge on any atom is 0.114 e. The molecule has 0 N–H and O–H groups in total. The summed E-state index contributed by atoms with van der Waals surface area (Å²) < 4.78 is 0. The van der Waals surface area contributed by atoms with Crippen LogP contribution in [0.25, 0.3) is 16.1 Å². The van der Waals surface area contributed by atoms with E-state index in [2.05, 4.69) is 108 Å². The van der Waals surface area contributed by atoms with E-state index in [4.69, 9.17) is 4.98 Å². The van der Waals surface area contributed by atoms with Gasteiger partial charge in [0.2, 0.25) is 0 Å². The molecule has 0 saturated carbocycles. The van der Waals surface area contributed by atoms with Gasteiger partial charge in [-0.15, -0.1) is 0 Å². The third-order valence-corrected chi connectivity index (χ3v) is 10.6. The van der Waals surface area contributed by atoms with E-state index in [1.807, 2.05) is 12.3 Å². The molecule has 0 atom stereocenters. The number of rotatable bonds is 4. The minimum Gasteiger partial charge on any atom is -0.256 e. The highest BCUT2D eigenvalue weighted by atomic mass is 28.3. The van der Waals surface area contributed by atoms with Crippen LogP contribution in [0.4, 0.5) is 0 Å². The van der Waals surface area contributed by atoms with Crippen LogP contribution in [-0.2, 0) is 5.41 Å². The second-order valence-corrected chi connectivity index (χ2v) is 20.1. The Labute approximate surface area is 178 Å². The van der Waals surface area contributed by atoms with E-state index >= 15 is 0 Å². The molecule has 0 aliphatic carbocycles. The Kier molecular flexibility index (Phi) is 5.76. The number of aromatic nitrogens is 1.